The van der Waals surface area contributed by atoms with Gasteiger partial charge in [-0.3, -0.25) is 0 Å². The zero-order chi connectivity index (χ0) is 16.7. The Morgan fingerprint density at radius 3 is 2.79 bits per heavy atom. The molecule has 0 amide bonds. The van der Waals surface area contributed by atoms with Crippen LogP contribution in [0, 0.1) is 6.92 Å². The van der Waals surface area contributed by atoms with Crippen LogP contribution in [0.3, 0.4) is 0 Å². The standard InChI is InChI=1S/C17H14ClN5S/c1-10-4-2-3-5-11(10)16-21-14-15(19)20-9-23(17(14)22-16)8-13-12(18)6-7-24-13/h2-7,9H,8,19H2,1H3. The van der Waals surface area contributed by atoms with E-state index in [0.29, 0.717) is 29.7 Å². The third-order valence-corrected chi connectivity index (χ3v) is 5.26. The van der Waals surface area contributed by atoms with Crippen LogP contribution in [0.2, 0.25) is 5.02 Å². The summed E-state index contributed by atoms with van der Waals surface area (Å²) >= 11 is 7.81. The van der Waals surface area contributed by atoms with Crippen LogP contribution >= 0.6 is 22.9 Å². The molecule has 1 aromatic heterocycles. The second-order valence-electron chi connectivity index (χ2n) is 5.48. The minimum absolute atomic E-state index is 0.380. The minimum atomic E-state index is 0.380. The highest BCUT2D eigenvalue weighted by Crippen LogP contribution is 2.31. The summed E-state index contributed by atoms with van der Waals surface area (Å²) in [6.45, 7) is 2.63. The number of nitrogens with two attached hydrogens (primary N) is 1. The molecule has 0 saturated heterocycles. The average Bonchev–Trinajstić information content (AvgIpc) is 3.18. The molecule has 5 nitrogen and oxygen atoms in total. The molecular formula is C17H14ClN5S. The Hall–Kier alpha value is -2.44. The van der Waals surface area contributed by atoms with Gasteiger partial charge in [0.05, 0.1) is 17.9 Å². The van der Waals surface area contributed by atoms with Gasteiger partial charge in [0.15, 0.2) is 23.2 Å². The van der Waals surface area contributed by atoms with E-state index >= 15 is 0 Å². The molecule has 2 N–H and O–H groups in total. The number of thiophene rings is 1. The van der Waals surface area contributed by atoms with Gasteiger partial charge < -0.3 is 10.3 Å². The van der Waals surface area contributed by atoms with Gasteiger partial charge in [0, 0.05) is 10.4 Å². The van der Waals surface area contributed by atoms with Crippen LogP contribution in [0.15, 0.2) is 42.0 Å². The maximum atomic E-state index is 6.21. The Morgan fingerprint density at radius 1 is 1.21 bits per heavy atom. The van der Waals surface area contributed by atoms with Gasteiger partial charge in [-0.2, -0.15) is 0 Å². The van der Waals surface area contributed by atoms with Gasteiger partial charge in [0.1, 0.15) is 0 Å². The smallest absolute Gasteiger partial charge is 0.166 e. The number of rotatable bonds is 3. The molecule has 0 bridgehead atoms. The molecule has 4 rings (SSSR count). The molecule has 1 aromatic carbocycles. The van der Waals surface area contributed by atoms with Crippen molar-refractivity contribution in [1.29, 1.82) is 0 Å². The Kier molecular flexibility index (Phi) is 3.70. The lowest BCUT2D eigenvalue weighted by Gasteiger charge is -2.10. The number of anilines is 1. The van der Waals surface area contributed by atoms with Crippen molar-refractivity contribution in [3.63, 3.8) is 0 Å². The number of nitrogens with zero attached hydrogens (tertiary/aromatic N) is 4. The lowest BCUT2D eigenvalue weighted by Crippen LogP contribution is -2.08. The fourth-order valence-corrected chi connectivity index (χ4v) is 3.70. The summed E-state index contributed by atoms with van der Waals surface area (Å²) in [5, 5.41) is 2.71. The molecule has 120 valence electrons. The first-order chi connectivity index (χ1) is 11.6. The molecule has 0 radical (unpaired) electrons. The van der Waals surface area contributed by atoms with Crippen molar-refractivity contribution in [3.8, 4) is 22.9 Å². The van der Waals surface area contributed by atoms with E-state index in [1.165, 1.54) is 0 Å². The van der Waals surface area contributed by atoms with E-state index in [1.54, 1.807) is 17.7 Å². The van der Waals surface area contributed by atoms with E-state index in [1.807, 2.05) is 47.2 Å². The van der Waals surface area contributed by atoms with Gasteiger partial charge in [0.25, 0.3) is 0 Å². The number of fused-ring (bicyclic) bond motifs is 1. The largest absolute Gasteiger partial charge is 0.382 e. The molecule has 7 heteroatoms. The third-order valence-electron chi connectivity index (χ3n) is 3.88. The number of halogens is 1. The van der Waals surface area contributed by atoms with E-state index in [9.17, 15) is 0 Å². The quantitative estimate of drug-likeness (QED) is 0.600. The van der Waals surface area contributed by atoms with Gasteiger partial charge in [-0.1, -0.05) is 35.9 Å². The number of imidazole rings is 1. The van der Waals surface area contributed by atoms with Crippen LogP contribution in [0.1, 0.15) is 10.4 Å². The summed E-state index contributed by atoms with van der Waals surface area (Å²) < 4.78 is 1.93. The third kappa shape index (κ3) is 2.53. The van der Waals surface area contributed by atoms with Crippen molar-refractivity contribution < 1.29 is 0 Å². The zero-order valence-corrected chi connectivity index (χ0v) is 14.5. The molecule has 0 fully saturated rings. The number of hydrogen-bond donors (Lipinski definition) is 1. The van der Waals surface area contributed by atoms with Crippen molar-refractivity contribution in [2.24, 2.45) is 0 Å². The summed E-state index contributed by atoms with van der Waals surface area (Å²) in [5.74, 6) is 1.75. The van der Waals surface area contributed by atoms with E-state index < -0.39 is 0 Å². The Labute approximate surface area is 148 Å². The highest BCUT2D eigenvalue weighted by Gasteiger charge is 2.20. The minimum Gasteiger partial charge on any atom is -0.382 e. The zero-order valence-electron chi connectivity index (χ0n) is 12.9. The van der Waals surface area contributed by atoms with Crippen LogP contribution in [0.5, 0.6) is 0 Å². The first-order valence-electron chi connectivity index (χ1n) is 7.39. The molecule has 3 heterocycles. The molecule has 24 heavy (non-hydrogen) atoms. The van der Waals surface area contributed by atoms with Gasteiger partial charge >= 0.3 is 0 Å². The molecule has 0 aliphatic carbocycles. The predicted molar refractivity (Wildman–Crippen MR) is 97.5 cm³/mol. The summed E-state index contributed by atoms with van der Waals surface area (Å²) in [5.41, 5.74) is 8.73. The second-order valence-corrected chi connectivity index (χ2v) is 6.89. The van der Waals surface area contributed by atoms with Crippen LogP contribution in [-0.2, 0) is 6.54 Å². The Bertz CT molecular complexity index is 990. The fourth-order valence-electron chi connectivity index (χ4n) is 2.61. The van der Waals surface area contributed by atoms with Crippen molar-refractivity contribution >= 4 is 28.8 Å². The molecule has 0 unspecified atom stereocenters. The highest BCUT2D eigenvalue weighted by atomic mass is 35.5. The molecule has 0 spiro atoms. The normalized spacial score (nSPS) is 11.2. The predicted octanol–water partition coefficient (Wildman–Crippen LogP) is 4.10. The summed E-state index contributed by atoms with van der Waals surface area (Å²) in [6, 6.07) is 9.91. The van der Waals surface area contributed by atoms with E-state index in [2.05, 4.69) is 9.97 Å². The first kappa shape index (κ1) is 15.1. The molecular weight excluding hydrogens is 342 g/mol. The molecule has 0 atom stereocenters. The van der Waals surface area contributed by atoms with Gasteiger partial charge in [-0.05, 0) is 23.9 Å². The fraction of sp³-hybridized carbons (Fsp3) is 0.118. The van der Waals surface area contributed by atoms with Crippen LogP contribution in [0.25, 0.3) is 22.9 Å². The maximum absolute atomic E-state index is 6.21. The lowest BCUT2D eigenvalue weighted by atomic mass is 10.1. The van der Waals surface area contributed by atoms with Crippen molar-refractivity contribution in [3.05, 3.63) is 57.5 Å². The summed E-state index contributed by atoms with van der Waals surface area (Å²) in [7, 11) is 0. The highest BCUT2D eigenvalue weighted by molar-refractivity contribution is 7.10. The van der Waals surface area contributed by atoms with Gasteiger partial charge in [-0.25, -0.2) is 15.0 Å². The maximum Gasteiger partial charge on any atom is 0.166 e. The van der Waals surface area contributed by atoms with E-state index in [4.69, 9.17) is 22.3 Å². The monoisotopic (exact) mass is 355 g/mol. The van der Waals surface area contributed by atoms with Crippen molar-refractivity contribution in [2.75, 3.05) is 5.73 Å². The number of benzene rings is 1. The summed E-state index contributed by atoms with van der Waals surface area (Å²) in [4.78, 5) is 14.6. The van der Waals surface area contributed by atoms with Crippen molar-refractivity contribution in [1.82, 2.24) is 19.5 Å². The second kappa shape index (κ2) is 5.89. The van der Waals surface area contributed by atoms with Crippen LogP contribution < -0.4 is 5.73 Å². The SMILES string of the molecule is Cc1ccccc1-c1nc2c(N)ncn(Cc3sccc3Cl)c-2n1. The molecule has 0 saturated carbocycles. The van der Waals surface area contributed by atoms with Crippen molar-refractivity contribution in [2.45, 2.75) is 13.5 Å². The van der Waals surface area contributed by atoms with Gasteiger partial charge in [0.2, 0.25) is 0 Å². The van der Waals surface area contributed by atoms with Crippen LogP contribution in [0.4, 0.5) is 5.82 Å². The number of aromatic nitrogens is 4. The van der Waals surface area contributed by atoms with E-state index in [-0.39, 0.29) is 0 Å². The first-order valence-corrected chi connectivity index (χ1v) is 8.65. The Morgan fingerprint density at radius 2 is 2.04 bits per heavy atom. The van der Waals surface area contributed by atoms with Crippen LogP contribution in [-0.4, -0.2) is 19.5 Å². The summed E-state index contributed by atoms with van der Waals surface area (Å²) in [6.07, 6.45) is 1.68. The number of nitrogen functional groups attached to an aromatic ring is 1. The van der Waals surface area contributed by atoms with Gasteiger partial charge in [-0.15, -0.1) is 11.3 Å². The topological polar surface area (TPSA) is 69.6 Å². The average molecular weight is 356 g/mol. The van der Waals surface area contributed by atoms with E-state index in [0.717, 1.165) is 21.0 Å². The number of aryl methyl sites for hydroxylation is 1. The molecule has 2 aromatic rings. The number of hydrogen-bond acceptors (Lipinski definition) is 5. The molecule has 2 aliphatic heterocycles. The Balaban J connectivity index is 1.84. The lowest BCUT2D eigenvalue weighted by molar-refractivity contribution is 0.773. The molecule has 2 aliphatic rings.